The van der Waals surface area contributed by atoms with Crippen LogP contribution in [0.4, 0.5) is 0 Å². The maximum atomic E-state index is 12.6. The Labute approximate surface area is 153 Å². The Bertz CT molecular complexity index is 429. The first-order valence-electron chi connectivity index (χ1n) is 9.64. The fraction of sp³-hybridized carbons (Fsp3) is 0.895. The Morgan fingerprint density at radius 2 is 1.88 bits per heavy atom. The maximum absolute atomic E-state index is 12.6. The minimum atomic E-state index is -0.285. The van der Waals surface area contributed by atoms with Crippen LogP contribution in [-0.2, 0) is 9.53 Å². The molecule has 1 unspecified atom stereocenters. The molecule has 0 aromatic carbocycles. The van der Waals surface area contributed by atoms with E-state index in [1.807, 2.05) is 21.0 Å². The van der Waals surface area contributed by atoms with Crippen LogP contribution in [0.5, 0.6) is 0 Å². The number of hydrogen-bond donors (Lipinski definition) is 2. The summed E-state index contributed by atoms with van der Waals surface area (Å²) in [5.74, 6) is 1.48. The summed E-state index contributed by atoms with van der Waals surface area (Å²) in [6.45, 7) is 8.59. The van der Waals surface area contributed by atoms with E-state index in [0.717, 1.165) is 51.2 Å². The number of ether oxygens (including phenoxy) is 1. The number of carbonyl (C=O) groups excluding carboxylic acids is 1. The van der Waals surface area contributed by atoms with Gasteiger partial charge in [0.15, 0.2) is 5.96 Å². The summed E-state index contributed by atoms with van der Waals surface area (Å²) in [5, 5.41) is 6.73. The van der Waals surface area contributed by atoms with Gasteiger partial charge in [0.25, 0.3) is 0 Å². The van der Waals surface area contributed by atoms with Gasteiger partial charge < -0.3 is 20.3 Å². The summed E-state index contributed by atoms with van der Waals surface area (Å²) >= 11 is 0. The molecule has 1 aliphatic carbocycles. The van der Waals surface area contributed by atoms with Crippen molar-refractivity contribution in [2.24, 2.45) is 16.3 Å². The minimum Gasteiger partial charge on any atom is -0.378 e. The van der Waals surface area contributed by atoms with Gasteiger partial charge in [-0.2, -0.15) is 0 Å². The molecule has 0 radical (unpaired) electrons. The zero-order valence-corrected chi connectivity index (χ0v) is 17.0. The Hall–Kier alpha value is -1.30. The molecule has 1 aliphatic rings. The molecule has 0 heterocycles. The van der Waals surface area contributed by atoms with Crippen LogP contribution in [0.1, 0.15) is 52.9 Å². The highest BCUT2D eigenvalue weighted by atomic mass is 16.5. The molecule has 2 N–H and O–H groups in total. The van der Waals surface area contributed by atoms with Crippen molar-refractivity contribution in [1.29, 1.82) is 0 Å². The highest BCUT2D eigenvalue weighted by molar-refractivity contribution is 5.85. The van der Waals surface area contributed by atoms with E-state index < -0.39 is 0 Å². The van der Waals surface area contributed by atoms with Gasteiger partial charge in [0.2, 0.25) is 5.91 Å². The molecule has 1 atom stereocenters. The average Bonchev–Trinajstić information content (AvgIpc) is 3.05. The summed E-state index contributed by atoms with van der Waals surface area (Å²) in [6, 6.07) is 0. The van der Waals surface area contributed by atoms with Gasteiger partial charge >= 0.3 is 0 Å². The average molecular weight is 355 g/mol. The van der Waals surface area contributed by atoms with Gasteiger partial charge in [0.05, 0.1) is 11.5 Å². The third-order valence-electron chi connectivity index (χ3n) is 5.08. The zero-order valence-electron chi connectivity index (χ0n) is 17.0. The lowest BCUT2D eigenvalue weighted by Crippen LogP contribution is -2.49. The summed E-state index contributed by atoms with van der Waals surface area (Å²) < 4.78 is 5.78. The molecule has 25 heavy (non-hydrogen) atoms. The van der Waals surface area contributed by atoms with Crippen LogP contribution in [-0.4, -0.2) is 63.7 Å². The van der Waals surface area contributed by atoms with E-state index in [1.165, 1.54) is 0 Å². The number of amides is 1. The molecule has 6 nitrogen and oxygen atoms in total. The Morgan fingerprint density at radius 3 is 2.36 bits per heavy atom. The SMILES string of the molecule is CCOC(CCNC(=NC)NCC1(C(=O)N(C)C)CCCC1)C(C)C. The van der Waals surface area contributed by atoms with Gasteiger partial charge in [-0.25, -0.2) is 0 Å². The number of guanidine groups is 1. The number of carbonyl (C=O) groups is 1. The first-order valence-corrected chi connectivity index (χ1v) is 9.64. The number of rotatable bonds is 9. The highest BCUT2D eigenvalue weighted by Crippen LogP contribution is 2.38. The third kappa shape index (κ3) is 6.49. The van der Waals surface area contributed by atoms with E-state index in [1.54, 1.807) is 11.9 Å². The van der Waals surface area contributed by atoms with Gasteiger partial charge in [-0.1, -0.05) is 26.7 Å². The number of nitrogens with zero attached hydrogens (tertiary/aromatic N) is 2. The molecule has 6 heteroatoms. The lowest BCUT2D eigenvalue weighted by Gasteiger charge is -2.31. The second kappa shape index (κ2) is 10.6. The van der Waals surface area contributed by atoms with Crippen LogP contribution in [0, 0.1) is 11.3 Å². The Kier molecular flexibility index (Phi) is 9.25. The first kappa shape index (κ1) is 21.7. The molecule has 0 saturated heterocycles. The standard InChI is InChI=1S/C19H38N4O2/c1-7-25-16(15(2)3)10-13-21-18(20-4)22-14-19(11-8-9-12-19)17(24)23(5)6/h15-16H,7-14H2,1-6H3,(H2,20,21,22). The van der Waals surface area contributed by atoms with Gasteiger partial charge in [-0.3, -0.25) is 9.79 Å². The zero-order chi connectivity index (χ0) is 18.9. The van der Waals surface area contributed by atoms with Crippen molar-refractivity contribution in [3.63, 3.8) is 0 Å². The van der Waals surface area contributed by atoms with Crippen molar-refractivity contribution in [2.45, 2.75) is 59.0 Å². The molecular formula is C19H38N4O2. The summed E-state index contributed by atoms with van der Waals surface area (Å²) in [7, 11) is 5.46. The lowest BCUT2D eigenvalue weighted by atomic mass is 9.84. The molecule has 0 aliphatic heterocycles. The second-order valence-corrected chi connectivity index (χ2v) is 7.57. The van der Waals surface area contributed by atoms with Crippen LogP contribution in [0.3, 0.4) is 0 Å². The second-order valence-electron chi connectivity index (χ2n) is 7.57. The molecule has 1 amide bonds. The molecule has 0 spiro atoms. The molecular weight excluding hydrogens is 316 g/mol. The van der Waals surface area contributed by atoms with Gasteiger partial charge in [-0.05, 0) is 32.1 Å². The molecule has 0 aromatic rings. The summed E-state index contributed by atoms with van der Waals surface area (Å²) in [4.78, 5) is 18.6. The van der Waals surface area contributed by atoms with Crippen molar-refractivity contribution < 1.29 is 9.53 Å². The predicted molar refractivity (Wildman–Crippen MR) is 104 cm³/mol. The van der Waals surface area contributed by atoms with Gasteiger partial charge in [0.1, 0.15) is 0 Å². The minimum absolute atomic E-state index is 0.226. The number of hydrogen-bond acceptors (Lipinski definition) is 3. The molecule has 0 aromatic heterocycles. The molecule has 1 rings (SSSR count). The van der Waals surface area contributed by atoms with E-state index in [0.29, 0.717) is 12.5 Å². The van der Waals surface area contributed by atoms with Crippen LogP contribution >= 0.6 is 0 Å². The third-order valence-corrected chi connectivity index (χ3v) is 5.08. The van der Waals surface area contributed by atoms with Crippen LogP contribution in [0.25, 0.3) is 0 Å². The summed E-state index contributed by atoms with van der Waals surface area (Å²) in [6.07, 6.45) is 5.34. The Morgan fingerprint density at radius 1 is 1.24 bits per heavy atom. The molecule has 0 bridgehead atoms. The molecule has 1 fully saturated rings. The van der Waals surface area contributed by atoms with Crippen LogP contribution in [0.2, 0.25) is 0 Å². The fourth-order valence-corrected chi connectivity index (χ4v) is 3.62. The largest absolute Gasteiger partial charge is 0.378 e. The molecule has 146 valence electrons. The first-order chi connectivity index (χ1) is 11.9. The fourth-order valence-electron chi connectivity index (χ4n) is 3.62. The van der Waals surface area contributed by atoms with E-state index in [4.69, 9.17) is 4.74 Å². The van der Waals surface area contributed by atoms with Crippen molar-refractivity contribution in [2.75, 3.05) is 40.8 Å². The maximum Gasteiger partial charge on any atom is 0.230 e. The van der Waals surface area contributed by atoms with E-state index in [9.17, 15) is 4.79 Å². The topological polar surface area (TPSA) is 66.0 Å². The highest BCUT2D eigenvalue weighted by Gasteiger charge is 2.42. The number of nitrogens with one attached hydrogen (secondary N) is 2. The quantitative estimate of drug-likeness (QED) is 0.492. The van der Waals surface area contributed by atoms with E-state index in [2.05, 4.69) is 29.5 Å². The Balaban J connectivity index is 2.51. The van der Waals surface area contributed by atoms with Crippen molar-refractivity contribution in [3.8, 4) is 0 Å². The summed E-state index contributed by atoms with van der Waals surface area (Å²) in [5.41, 5.74) is -0.285. The van der Waals surface area contributed by atoms with Crippen LogP contribution < -0.4 is 10.6 Å². The van der Waals surface area contributed by atoms with E-state index >= 15 is 0 Å². The van der Waals surface area contributed by atoms with Gasteiger partial charge in [-0.15, -0.1) is 0 Å². The predicted octanol–water partition coefficient (Wildman–Crippen LogP) is 2.25. The van der Waals surface area contributed by atoms with Crippen LogP contribution in [0.15, 0.2) is 4.99 Å². The van der Waals surface area contributed by atoms with Crippen molar-refractivity contribution in [1.82, 2.24) is 15.5 Å². The van der Waals surface area contributed by atoms with Gasteiger partial charge in [0, 0.05) is 40.8 Å². The molecule has 1 saturated carbocycles. The lowest BCUT2D eigenvalue weighted by molar-refractivity contribution is -0.138. The monoisotopic (exact) mass is 354 g/mol. The smallest absolute Gasteiger partial charge is 0.230 e. The van der Waals surface area contributed by atoms with Crippen molar-refractivity contribution in [3.05, 3.63) is 0 Å². The normalized spacial score (nSPS) is 18.3. The number of aliphatic imine (C=N–C) groups is 1. The van der Waals surface area contributed by atoms with Crippen molar-refractivity contribution >= 4 is 11.9 Å². The van der Waals surface area contributed by atoms with E-state index in [-0.39, 0.29) is 17.4 Å².